The van der Waals surface area contributed by atoms with Crippen LogP contribution in [0.1, 0.15) is 32.8 Å². The number of H-pyrrole nitrogens is 1. The van der Waals surface area contributed by atoms with E-state index in [4.69, 9.17) is 5.73 Å². The van der Waals surface area contributed by atoms with Crippen LogP contribution in [0.15, 0.2) is 24.4 Å². The lowest BCUT2D eigenvalue weighted by atomic mass is 10.0. The zero-order chi connectivity index (χ0) is 22.4. The van der Waals surface area contributed by atoms with Crippen molar-refractivity contribution in [2.45, 2.75) is 51.7 Å². The smallest absolute Gasteiger partial charge is 0.243 e. The molecule has 0 radical (unpaired) electrons. The molecular weight excluding hydrogens is 393 g/mol. The topological polar surface area (TPSA) is 146 Å². The summed E-state index contributed by atoms with van der Waals surface area (Å²) < 4.78 is 13.3. The number of fused-ring (bicyclic) bond motifs is 1. The van der Waals surface area contributed by atoms with Crippen molar-refractivity contribution in [3.63, 3.8) is 0 Å². The van der Waals surface area contributed by atoms with Crippen LogP contribution in [0.25, 0.3) is 10.9 Å². The SMILES string of the molecule is CC[C@@H](NC(C)=O)C(=O)N[C@H](C)C(=O)N[C@H](Cc1c[nH]c2cc(F)ccc12)C(N)=O. The summed E-state index contributed by atoms with van der Waals surface area (Å²) >= 11 is 0. The van der Waals surface area contributed by atoms with Gasteiger partial charge in [-0.15, -0.1) is 0 Å². The Morgan fingerprint density at radius 2 is 1.80 bits per heavy atom. The van der Waals surface area contributed by atoms with Gasteiger partial charge in [-0.3, -0.25) is 19.2 Å². The summed E-state index contributed by atoms with van der Waals surface area (Å²) in [5.41, 5.74) is 6.68. The molecule has 30 heavy (non-hydrogen) atoms. The van der Waals surface area contributed by atoms with Crippen molar-refractivity contribution < 1.29 is 23.6 Å². The number of aromatic amines is 1. The quantitative estimate of drug-likeness (QED) is 0.396. The van der Waals surface area contributed by atoms with E-state index in [-0.39, 0.29) is 12.3 Å². The van der Waals surface area contributed by atoms with Crippen LogP contribution in [0, 0.1) is 5.82 Å². The number of hydrogen-bond donors (Lipinski definition) is 5. The number of primary amides is 1. The maximum atomic E-state index is 13.3. The highest BCUT2D eigenvalue weighted by Gasteiger charge is 2.26. The third kappa shape index (κ3) is 5.79. The van der Waals surface area contributed by atoms with E-state index in [0.29, 0.717) is 22.9 Å². The van der Waals surface area contributed by atoms with E-state index in [1.807, 2.05) is 0 Å². The van der Waals surface area contributed by atoms with Crippen LogP contribution in [-0.4, -0.2) is 46.7 Å². The van der Waals surface area contributed by atoms with Crippen LogP contribution < -0.4 is 21.7 Å². The predicted octanol–water partition coefficient (Wildman–Crippen LogP) is 0.239. The van der Waals surface area contributed by atoms with Crippen LogP contribution in [0.3, 0.4) is 0 Å². The average molecular weight is 419 g/mol. The molecule has 0 unspecified atom stereocenters. The Labute approximate surface area is 173 Å². The molecular formula is C20H26FN5O4. The molecule has 0 fully saturated rings. The van der Waals surface area contributed by atoms with Gasteiger partial charge in [-0.25, -0.2) is 4.39 Å². The minimum Gasteiger partial charge on any atom is -0.368 e. The van der Waals surface area contributed by atoms with Crippen LogP contribution >= 0.6 is 0 Å². The van der Waals surface area contributed by atoms with E-state index in [1.54, 1.807) is 19.2 Å². The first-order valence-corrected chi connectivity index (χ1v) is 9.55. The molecule has 0 saturated heterocycles. The monoisotopic (exact) mass is 419 g/mol. The summed E-state index contributed by atoms with van der Waals surface area (Å²) in [4.78, 5) is 50.7. The number of nitrogens with two attached hydrogens (primary N) is 1. The molecule has 4 amide bonds. The van der Waals surface area contributed by atoms with Crippen molar-refractivity contribution in [3.05, 3.63) is 35.8 Å². The molecule has 0 aliphatic carbocycles. The first kappa shape index (κ1) is 22.9. The van der Waals surface area contributed by atoms with Crippen molar-refractivity contribution in [3.8, 4) is 0 Å². The number of carbonyl (C=O) groups excluding carboxylic acids is 4. The lowest BCUT2D eigenvalue weighted by molar-refractivity contribution is -0.132. The first-order valence-electron chi connectivity index (χ1n) is 9.55. The summed E-state index contributed by atoms with van der Waals surface area (Å²) in [6.45, 7) is 4.48. The first-order chi connectivity index (χ1) is 14.1. The molecule has 0 aliphatic rings. The highest BCUT2D eigenvalue weighted by Crippen LogP contribution is 2.20. The molecule has 1 aromatic carbocycles. The van der Waals surface area contributed by atoms with Gasteiger partial charge in [-0.1, -0.05) is 6.92 Å². The van der Waals surface area contributed by atoms with Gasteiger partial charge in [0.05, 0.1) is 0 Å². The average Bonchev–Trinajstić information content (AvgIpc) is 3.06. The van der Waals surface area contributed by atoms with Crippen molar-refractivity contribution >= 4 is 34.5 Å². The fourth-order valence-electron chi connectivity index (χ4n) is 3.04. The number of aromatic nitrogens is 1. The van der Waals surface area contributed by atoms with Crippen LogP contribution in [0.4, 0.5) is 4.39 Å². The lowest BCUT2D eigenvalue weighted by Crippen LogP contribution is -2.55. The number of carbonyl (C=O) groups is 4. The van der Waals surface area contributed by atoms with Gasteiger partial charge < -0.3 is 26.7 Å². The second-order valence-electron chi connectivity index (χ2n) is 7.06. The molecule has 10 heteroatoms. The van der Waals surface area contributed by atoms with Gasteiger partial charge >= 0.3 is 0 Å². The molecule has 2 aromatic rings. The Balaban J connectivity index is 2.04. The molecule has 0 spiro atoms. The van der Waals surface area contributed by atoms with Gasteiger partial charge in [0.15, 0.2) is 0 Å². The van der Waals surface area contributed by atoms with E-state index in [2.05, 4.69) is 20.9 Å². The Bertz CT molecular complexity index is 958. The fourth-order valence-corrected chi connectivity index (χ4v) is 3.04. The van der Waals surface area contributed by atoms with Gasteiger partial charge in [0.2, 0.25) is 23.6 Å². The van der Waals surface area contributed by atoms with Crippen LogP contribution in [0.5, 0.6) is 0 Å². The summed E-state index contributed by atoms with van der Waals surface area (Å²) in [6, 6.07) is 1.45. The molecule has 0 aliphatic heterocycles. The molecule has 3 atom stereocenters. The lowest BCUT2D eigenvalue weighted by Gasteiger charge is -2.21. The van der Waals surface area contributed by atoms with Crippen LogP contribution in [0.2, 0.25) is 0 Å². The number of rotatable bonds is 9. The summed E-state index contributed by atoms with van der Waals surface area (Å²) in [5, 5.41) is 8.24. The minimum atomic E-state index is -1.03. The molecule has 0 bridgehead atoms. The second-order valence-corrected chi connectivity index (χ2v) is 7.06. The van der Waals surface area contributed by atoms with E-state index >= 15 is 0 Å². The molecule has 1 aromatic heterocycles. The third-order valence-corrected chi connectivity index (χ3v) is 4.67. The number of halogens is 1. The Morgan fingerprint density at radius 1 is 1.10 bits per heavy atom. The Kier molecular flexibility index (Phi) is 7.51. The zero-order valence-electron chi connectivity index (χ0n) is 17.0. The Hall–Kier alpha value is -3.43. The number of amides is 4. The Morgan fingerprint density at radius 3 is 2.40 bits per heavy atom. The van der Waals surface area contributed by atoms with Crippen molar-refractivity contribution in [1.82, 2.24) is 20.9 Å². The third-order valence-electron chi connectivity index (χ3n) is 4.67. The molecule has 9 nitrogen and oxygen atoms in total. The van der Waals surface area contributed by atoms with Crippen molar-refractivity contribution in [2.75, 3.05) is 0 Å². The van der Waals surface area contributed by atoms with Gasteiger partial charge in [0.1, 0.15) is 23.9 Å². The summed E-state index contributed by atoms with van der Waals surface area (Å²) in [6.07, 6.45) is 2.07. The molecule has 2 rings (SSSR count). The minimum absolute atomic E-state index is 0.0941. The van der Waals surface area contributed by atoms with Crippen molar-refractivity contribution in [1.29, 1.82) is 0 Å². The van der Waals surface area contributed by atoms with Gasteiger partial charge in [0.25, 0.3) is 0 Å². The standard InChI is InChI=1S/C20H26FN5O4/c1-4-15(25-11(3)27)20(30)24-10(2)19(29)26-17(18(22)28)7-12-9-23-16-8-13(21)5-6-14(12)16/h5-6,8-10,15,17,23H,4,7H2,1-3H3,(H2,22,28)(H,24,30)(H,25,27)(H,26,29)/t10-,15-,17-/m1/s1. The molecule has 1 heterocycles. The zero-order valence-corrected chi connectivity index (χ0v) is 17.0. The molecule has 162 valence electrons. The highest BCUT2D eigenvalue weighted by molar-refractivity contribution is 5.94. The number of nitrogens with one attached hydrogen (secondary N) is 4. The van der Waals surface area contributed by atoms with E-state index in [1.165, 1.54) is 26.0 Å². The number of hydrogen-bond acceptors (Lipinski definition) is 4. The molecule has 0 saturated carbocycles. The van der Waals surface area contributed by atoms with Crippen molar-refractivity contribution in [2.24, 2.45) is 5.73 Å². The number of benzene rings is 1. The predicted molar refractivity (Wildman–Crippen MR) is 109 cm³/mol. The maximum absolute atomic E-state index is 13.3. The van der Waals surface area contributed by atoms with E-state index in [0.717, 1.165) is 0 Å². The van der Waals surface area contributed by atoms with Gasteiger partial charge in [-0.2, -0.15) is 0 Å². The van der Waals surface area contributed by atoms with Crippen LogP contribution in [-0.2, 0) is 25.6 Å². The fraction of sp³-hybridized carbons (Fsp3) is 0.400. The highest BCUT2D eigenvalue weighted by atomic mass is 19.1. The largest absolute Gasteiger partial charge is 0.368 e. The van der Waals surface area contributed by atoms with E-state index in [9.17, 15) is 23.6 Å². The second kappa shape index (κ2) is 9.86. The summed E-state index contributed by atoms with van der Waals surface area (Å²) in [5.74, 6) is -2.62. The van der Waals surface area contributed by atoms with Gasteiger partial charge in [-0.05, 0) is 37.1 Å². The maximum Gasteiger partial charge on any atom is 0.243 e. The van der Waals surface area contributed by atoms with Gasteiger partial charge in [0, 0.05) is 30.4 Å². The van der Waals surface area contributed by atoms with E-state index < -0.39 is 41.7 Å². The normalized spacial score (nSPS) is 13.9. The summed E-state index contributed by atoms with van der Waals surface area (Å²) in [7, 11) is 0. The molecule has 6 N–H and O–H groups in total.